The molecule has 0 aliphatic rings. The van der Waals surface area contributed by atoms with Crippen LogP contribution in [0.2, 0.25) is 0 Å². The van der Waals surface area contributed by atoms with Crippen molar-refractivity contribution in [3.05, 3.63) is 72.0 Å². The number of amides is 2. The zero-order chi connectivity index (χ0) is 29.0. The third-order valence-corrected chi connectivity index (χ3v) is 7.68. The molecule has 3 aromatic carbocycles. The minimum Gasteiger partial charge on any atom is -0.382 e. The van der Waals surface area contributed by atoms with Crippen molar-refractivity contribution in [3.8, 4) is 11.1 Å². The van der Waals surface area contributed by atoms with Crippen molar-refractivity contribution < 1.29 is 9.18 Å². The first kappa shape index (κ1) is 29.0. The predicted molar refractivity (Wildman–Crippen MR) is 163 cm³/mol. The molecule has 4 rings (SSSR count). The Labute approximate surface area is 236 Å². The molecule has 4 N–H and O–H groups in total. The molecule has 2 amide bonds. The number of hydrogen-bond donors (Lipinski definition) is 3. The van der Waals surface area contributed by atoms with E-state index in [-0.39, 0.29) is 5.69 Å². The third-order valence-electron chi connectivity index (χ3n) is 7.68. The van der Waals surface area contributed by atoms with Crippen LogP contribution in [0, 0.1) is 12.7 Å². The number of nitrogens with two attached hydrogens (primary N) is 1. The predicted octanol–water partition coefficient (Wildman–Crippen LogP) is 6.69. The lowest BCUT2D eigenvalue weighted by atomic mass is 10.0. The highest BCUT2D eigenvalue weighted by Crippen LogP contribution is 2.37. The number of aryl methyl sites for hydroxylation is 1. The van der Waals surface area contributed by atoms with Crippen LogP contribution in [0.5, 0.6) is 0 Å². The summed E-state index contributed by atoms with van der Waals surface area (Å²) in [5.41, 5.74) is 11.0. The van der Waals surface area contributed by atoms with Gasteiger partial charge in [-0.25, -0.2) is 13.9 Å². The van der Waals surface area contributed by atoms with Crippen molar-refractivity contribution >= 4 is 34.1 Å². The quantitative estimate of drug-likeness (QED) is 0.193. The molecule has 40 heavy (non-hydrogen) atoms. The Morgan fingerprint density at radius 2 is 1.57 bits per heavy atom. The van der Waals surface area contributed by atoms with Gasteiger partial charge in [0.1, 0.15) is 5.82 Å². The molecule has 8 nitrogen and oxygen atoms in total. The van der Waals surface area contributed by atoms with Crippen LogP contribution in [-0.4, -0.2) is 51.8 Å². The molecule has 0 bridgehead atoms. The number of anilines is 3. The number of carbonyl (C=O) groups is 1. The third kappa shape index (κ3) is 5.39. The first-order valence-electron chi connectivity index (χ1n) is 13.9. The molecule has 0 radical (unpaired) electrons. The summed E-state index contributed by atoms with van der Waals surface area (Å²) in [6, 6.07) is 17.7. The normalized spacial score (nSPS) is 11.9. The molecular formula is C31H40FN7O. The minimum absolute atomic E-state index is 0.134. The summed E-state index contributed by atoms with van der Waals surface area (Å²) in [7, 11) is 0. The molecule has 0 aliphatic heterocycles. The Balaban J connectivity index is 1.67. The highest BCUT2D eigenvalue weighted by Gasteiger charge is 2.39. The summed E-state index contributed by atoms with van der Waals surface area (Å²) in [6.45, 7) is 16.2. The van der Waals surface area contributed by atoms with Gasteiger partial charge in [-0.15, -0.1) is 0 Å². The van der Waals surface area contributed by atoms with E-state index in [0.717, 1.165) is 53.8 Å². The summed E-state index contributed by atoms with van der Waals surface area (Å²) < 4.78 is 16.1. The lowest BCUT2D eigenvalue weighted by Crippen LogP contribution is -2.60. The van der Waals surface area contributed by atoms with Crippen LogP contribution < -0.4 is 16.4 Å². The summed E-state index contributed by atoms with van der Waals surface area (Å²) in [4.78, 5) is 17.3. The molecule has 1 aromatic heterocycles. The standard InChI is InChI=1S/C31H40FN7O/c1-7-37(8-2)31(6,38(9-3)10-4)39-27-13-11-12-24(28(27)29(33)36-39)22-15-17-23(18-16-22)34-30(40)35-26-20-21(5)14-19-25(26)32/h11-20H,7-10H2,1-6H3,(H2,33,36)(H2,34,35,40). The van der Waals surface area contributed by atoms with Crippen LogP contribution in [0.25, 0.3) is 22.0 Å². The molecule has 4 aromatic rings. The number of nitrogens with one attached hydrogen (secondary N) is 2. The van der Waals surface area contributed by atoms with Crippen molar-refractivity contribution in [3.63, 3.8) is 0 Å². The fourth-order valence-electron chi connectivity index (χ4n) is 5.63. The van der Waals surface area contributed by atoms with Gasteiger partial charge in [-0.2, -0.15) is 5.10 Å². The maximum atomic E-state index is 14.0. The maximum absolute atomic E-state index is 14.0. The van der Waals surface area contributed by atoms with Gasteiger partial charge in [0, 0.05) is 5.69 Å². The van der Waals surface area contributed by atoms with Gasteiger partial charge >= 0.3 is 6.03 Å². The summed E-state index contributed by atoms with van der Waals surface area (Å²) in [5, 5.41) is 11.1. The number of nitrogens with zero attached hydrogens (tertiary/aromatic N) is 4. The molecule has 0 saturated heterocycles. The van der Waals surface area contributed by atoms with Crippen molar-refractivity contribution in [2.24, 2.45) is 0 Å². The van der Waals surface area contributed by atoms with Gasteiger partial charge in [0.25, 0.3) is 0 Å². The van der Waals surface area contributed by atoms with E-state index in [2.05, 4.69) is 65.8 Å². The van der Waals surface area contributed by atoms with Crippen LogP contribution in [0.1, 0.15) is 40.2 Å². The fraction of sp³-hybridized carbons (Fsp3) is 0.355. The molecule has 0 saturated carbocycles. The Hall–Kier alpha value is -3.95. The van der Waals surface area contributed by atoms with E-state index in [0.29, 0.717) is 11.5 Å². The number of rotatable bonds is 10. The van der Waals surface area contributed by atoms with Gasteiger partial charge in [-0.05, 0) is 87.0 Å². The number of hydrogen-bond acceptors (Lipinski definition) is 5. The number of fused-ring (bicyclic) bond motifs is 1. The van der Waals surface area contributed by atoms with Crippen LogP contribution >= 0.6 is 0 Å². The molecule has 0 spiro atoms. The second-order valence-electron chi connectivity index (χ2n) is 9.95. The van der Waals surface area contributed by atoms with E-state index >= 15 is 0 Å². The van der Waals surface area contributed by atoms with E-state index in [9.17, 15) is 9.18 Å². The molecule has 0 aliphatic carbocycles. The molecule has 9 heteroatoms. The second kappa shape index (κ2) is 12.1. The smallest absolute Gasteiger partial charge is 0.323 e. The maximum Gasteiger partial charge on any atom is 0.323 e. The van der Waals surface area contributed by atoms with Gasteiger partial charge in [-0.3, -0.25) is 9.80 Å². The van der Waals surface area contributed by atoms with E-state index in [1.807, 2.05) is 43.3 Å². The van der Waals surface area contributed by atoms with E-state index in [1.165, 1.54) is 6.07 Å². The Morgan fingerprint density at radius 1 is 0.950 bits per heavy atom. The van der Waals surface area contributed by atoms with E-state index in [1.54, 1.807) is 12.1 Å². The largest absolute Gasteiger partial charge is 0.382 e. The van der Waals surface area contributed by atoms with Crippen LogP contribution in [0.3, 0.4) is 0 Å². The molecule has 1 heterocycles. The van der Waals surface area contributed by atoms with Crippen molar-refractivity contribution in [2.75, 3.05) is 42.5 Å². The van der Waals surface area contributed by atoms with Crippen molar-refractivity contribution in [1.82, 2.24) is 19.6 Å². The average molecular weight is 546 g/mol. The number of benzene rings is 3. The van der Waals surface area contributed by atoms with Gasteiger partial charge < -0.3 is 16.4 Å². The van der Waals surface area contributed by atoms with Crippen LogP contribution in [0.15, 0.2) is 60.7 Å². The zero-order valence-corrected chi connectivity index (χ0v) is 24.3. The Kier molecular flexibility index (Phi) is 8.76. The van der Waals surface area contributed by atoms with Gasteiger partial charge in [0.15, 0.2) is 11.6 Å². The first-order chi connectivity index (χ1) is 19.2. The van der Waals surface area contributed by atoms with Crippen LogP contribution in [0.4, 0.5) is 26.4 Å². The fourth-order valence-corrected chi connectivity index (χ4v) is 5.63. The SMILES string of the molecule is CCN(CC)C(C)(N(CC)CC)n1nc(N)c2c(-c3ccc(NC(=O)Nc4cc(C)ccc4F)cc3)cccc21. The van der Waals surface area contributed by atoms with Gasteiger partial charge in [0.2, 0.25) is 0 Å². The molecular weight excluding hydrogens is 505 g/mol. The first-order valence-corrected chi connectivity index (χ1v) is 13.9. The Bertz CT molecular complexity index is 1460. The number of urea groups is 1. The summed E-state index contributed by atoms with van der Waals surface area (Å²) in [5.74, 6) is -0.516. The Morgan fingerprint density at radius 3 is 2.17 bits per heavy atom. The van der Waals surface area contributed by atoms with Gasteiger partial charge in [-0.1, -0.05) is 58.0 Å². The average Bonchev–Trinajstić information content (AvgIpc) is 3.29. The highest BCUT2D eigenvalue weighted by atomic mass is 19.1. The number of nitrogen functional groups attached to an aromatic ring is 1. The van der Waals surface area contributed by atoms with Crippen LogP contribution in [-0.2, 0) is 5.79 Å². The van der Waals surface area contributed by atoms with E-state index < -0.39 is 17.6 Å². The number of carbonyl (C=O) groups excluding carboxylic acids is 1. The summed E-state index contributed by atoms with van der Waals surface area (Å²) in [6.07, 6.45) is 0. The van der Waals surface area contributed by atoms with Crippen molar-refractivity contribution in [1.29, 1.82) is 0 Å². The monoisotopic (exact) mass is 545 g/mol. The van der Waals surface area contributed by atoms with Gasteiger partial charge in [0.05, 0.1) is 16.6 Å². The summed E-state index contributed by atoms with van der Waals surface area (Å²) >= 11 is 0. The number of halogens is 1. The molecule has 0 atom stereocenters. The number of aromatic nitrogens is 2. The topological polar surface area (TPSA) is 91.5 Å². The molecule has 212 valence electrons. The molecule has 0 unspecified atom stereocenters. The highest BCUT2D eigenvalue weighted by molar-refractivity contribution is 6.03. The van der Waals surface area contributed by atoms with E-state index in [4.69, 9.17) is 10.8 Å². The lowest BCUT2D eigenvalue weighted by Gasteiger charge is -2.48. The molecule has 0 fully saturated rings. The van der Waals surface area contributed by atoms with Crippen molar-refractivity contribution in [2.45, 2.75) is 47.3 Å². The lowest BCUT2D eigenvalue weighted by molar-refractivity contribution is -0.106. The second-order valence-corrected chi connectivity index (χ2v) is 9.95. The minimum atomic E-state index is -0.517. The zero-order valence-electron chi connectivity index (χ0n) is 24.3.